The number of ether oxygens (including phenoxy) is 1. The van der Waals surface area contributed by atoms with E-state index < -0.39 is 12.0 Å². The molecule has 0 heterocycles. The molecule has 17 heavy (non-hydrogen) atoms. The molecule has 0 aliphatic carbocycles. The fraction of sp³-hybridized carbons (Fsp3) is 0.385. The lowest BCUT2D eigenvalue weighted by molar-refractivity contribution is -0.142. The largest absolute Gasteiger partial charge is 0.468 e. The van der Waals surface area contributed by atoms with Crippen LogP contribution in [0.15, 0.2) is 12.1 Å². The van der Waals surface area contributed by atoms with Crippen LogP contribution in [0.2, 0.25) is 0 Å². The number of rotatable bonds is 3. The predicted molar refractivity (Wildman–Crippen MR) is 64.3 cm³/mol. The van der Waals surface area contributed by atoms with E-state index in [0.717, 1.165) is 16.7 Å². The molecule has 0 aromatic heterocycles. The molecule has 0 spiro atoms. The SMILES string of the molecule is COC(=O)[C@@H](N)Cc1c(C)cc(C#N)cc1C. The van der Waals surface area contributed by atoms with Crippen molar-refractivity contribution >= 4 is 5.97 Å². The van der Waals surface area contributed by atoms with Crippen molar-refractivity contribution in [1.29, 1.82) is 5.26 Å². The molecule has 0 aliphatic heterocycles. The van der Waals surface area contributed by atoms with Gasteiger partial charge in [-0.3, -0.25) is 4.79 Å². The number of hydrogen-bond donors (Lipinski definition) is 1. The molecule has 4 heteroatoms. The van der Waals surface area contributed by atoms with E-state index in [4.69, 9.17) is 11.0 Å². The van der Waals surface area contributed by atoms with E-state index >= 15 is 0 Å². The second-order valence-electron chi connectivity index (χ2n) is 4.03. The highest BCUT2D eigenvalue weighted by Crippen LogP contribution is 2.18. The summed E-state index contributed by atoms with van der Waals surface area (Å²) < 4.78 is 4.59. The molecule has 0 radical (unpaired) electrons. The van der Waals surface area contributed by atoms with Crippen molar-refractivity contribution in [2.24, 2.45) is 5.73 Å². The van der Waals surface area contributed by atoms with Crippen LogP contribution in [0, 0.1) is 25.2 Å². The zero-order chi connectivity index (χ0) is 13.0. The Kier molecular flexibility index (Phi) is 4.24. The van der Waals surface area contributed by atoms with Crippen molar-refractivity contribution in [3.8, 4) is 6.07 Å². The molecule has 0 fully saturated rings. The maximum absolute atomic E-state index is 11.3. The Balaban J connectivity index is 3.00. The maximum Gasteiger partial charge on any atom is 0.322 e. The summed E-state index contributed by atoms with van der Waals surface area (Å²) in [7, 11) is 1.32. The first-order chi connectivity index (χ1) is 7.99. The summed E-state index contributed by atoms with van der Waals surface area (Å²) in [5.41, 5.74) is 9.30. The second-order valence-corrected chi connectivity index (χ2v) is 4.03. The van der Waals surface area contributed by atoms with Gasteiger partial charge < -0.3 is 10.5 Å². The van der Waals surface area contributed by atoms with Gasteiger partial charge in [0.15, 0.2) is 0 Å². The highest BCUT2D eigenvalue weighted by molar-refractivity contribution is 5.75. The summed E-state index contributed by atoms with van der Waals surface area (Å²) in [5.74, 6) is -0.423. The van der Waals surface area contributed by atoms with Crippen LogP contribution in [0.3, 0.4) is 0 Å². The van der Waals surface area contributed by atoms with Gasteiger partial charge in [0.25, 0.3) is 0 Å². The van der Waals surface area contributed by atoms with E-state index in [-0.39, 0.29) is 0 Å². The number of nitrogens with two attached hydrogens (primary N) is 1. The first-order valence-electron chi connectivity index (χ1n) is 5.33. The summed E-state index contributed by atoms with van der Waals surface area (Å²) in [6, 6.07) is 5.03. The molecule has 0 bridgehead atoms. The third kappa shape index (κ3) is 3.05. The fourth-order valence-electron chi connectivity index (χ4n) is 1.83. The van der Waals surface area contributed by atoms with Gasteiger partial charge in [0, 0.05) is 0 Å². The smallest absolute Gasteiger partial charge is 0.322 e. The number of benzene rings is 1. The van der Waals surface area contributed by atoms with E-state index in [2.05, 4.69) is 10.8 Å². The van der Waals surface area contributed by atoms with Crippen molar-refractivity contribution < 1.29 is 9.53 Å². The van der Waals surface area contributed by atoms with Crippen molar-refractivity contribution in [2.75, 3.05) is 7.11 Å². The molecule has 1 aromatic carbocycles. The van der Waals surface area contributed by atoms with Gasteiger partial charge >= 0.3 is 5.97 Å². The van der Waals surface area contributed by atoms with Gasteiger partial charge in [-0.2, -0.15) is 5.26 Å². The standard InChI is InChI=1S/C13H16N2O2/c1-8-4-10(7-14)5-9(2)11(8)6-12(15)13(16)17-3/h4-5,12H,6,15H2,1-3H3/t12-/m0/s1. The molecule has 0 saturated heterocycles. The molecule has 90 valence electrons. The minimum absolute atomic E-state index is 0.423. The van der Waals surface area contributed by atoms with E-state index in [1.807, 2.05) is 13.8 Å². The quantitative estimate of drug-likeness (QED) is 0.795. The van der Waals surface area contributed by atoms with Gasteiger partial charge in [0.2, 0.25) is 0 Å². The Hall–Kier alpha value is -1.86. The summed E-state index contributed by atoms with van der Waals surface area (Å²) >= 11 is 0. The highest BCUT2D eigenvalue weighted by atomic mass is 16.5. The minimum Gasteiger partial charge on any atom is -0.468 e. The summed E-state index contributed by atoms with van der Waals surface area (Å²) in [6.45, 7) is 3.82. The normalized spacial score (nSPS) is 11.7. The van der Waals surface area contributed by atoms with Crippen LogP contribution in [0.4, 0.5) is 0 Å². The Labute approximate surface area is 101 Å². The predicted octanol–water partition coefficient (Wildman–Crippen LogP) is 1.22. The molecular formula is C13H16N2O2. The molecule has 0 saturated carbocycles. The van der Waals surface area contributed by atoms with Crippen molar-refractivity contribution in [1.82, 2.24) is 0 Å². The van der Waals surface area contributed by atoms with E-state index in [1.165, 1.54) is 7.11 Å². The van der Waals surface area contributed by atoms with Crippen LogP contribution in [-0.4, -0.2) is 19.1 Å². The number of hydrogen-bond acceptors (Lipinski definition) is 4. The molecule has 0 unspecified atom stereocenters. The molecular weight excluding hydrogens is 216 g/mol. The number of nitrogens with zero attached hydrogens (tertiary/aromatic N) is 1. The van der Waals surface area contributed by atoms with Crippen LogP contribution >= 0.6 is 0 Å². The lowest BCUT2D eigenvalue weighted by Gasteiger charge is -2.14. The molecule has 1 aromatic rings. The van der Waals surface area contributed by atoms with Crippen molar-refractivity contribution in [3.05, 3.63) is 34.4 Å². The number of aryl methyl sites for hydroxylation is 2. The van der Waals surface area contributed by atoms with E-state index in [9.17, 15) is 4.79 Å². The lowest BCUT2D eigenvalue weighted by atomic mass is 9.94. The zero-order valence-electron chi connectivity index (χ0n) is 10.3. The monoisotopic (exact) mass is 232 g/mol. The van der Waals surface area contributed by atoms with Gasteiger partial charge in [0.1, 0.15) is 6.04 Å². The summed E-state index contributed by atoms with van der Waals surface area (Å²) in [5, 5.41) is 8.84. The number of nitriles is 1. The highest BCUT2D eigenvalue weighted by Gasteiger charge is 2.17. The Morgan fingerprint density at radius 3 is 2.41 bits per heavy atom. The van der Waals surface area contributed by atoms with Gasteiger partial charge in [-0.1, -0.05) is 0 Å². The number of methoxy groups -OCH3 is 1. The lowest BCUT2D eigenvalue weighted by Crippen LogP contribution is -2.34. The summed E-state index contributed by atoms with van der Waals surface area (Å²) in [4.78, 5) is 11.3. The average molecular weight is 232 g/mol. The van der Waals surface area contributed by atoms with Gasteiger partial charge in [-0.15, -0.1) is 0 Å². The molecule has 1 rings (SSSR count). The maximum atomic E-state index is 11.3. The van der Waals surface area contributed by atoms with E-state index in [0.29, 0.717) is 12.0 Å². The Morgan fingerprint density at radius 1 is 1.47 bits per heavy atom. The van der Waals surface area contributed by atoms with Crippen LogP contribution in [0.1, 0.15) is 22.3 Å². The van der Waals surface area contributed by atoms with Crippen LogP contribution < -0.4 is 5.73 Å². The third-order valence-electron chi connectivity index (χ3n) is 2.75. The molecule has 4 nitrogen and oxygen atoms in total. The molecule has 2 N–H and O–H groups in total. The first-order valence-corrected chi connectivity index (χ1v) is 5.33. The van der Waals surface area contributed by atoms with Gasteiger partial charge in [0.05, 0.1) is 18.7 Å². The molecule has 0 aliphatic rings. The van der Waals surface area contributed by atoms with E-state index in [1.54, 1.807) is 12.1 Å². The molecule has 1 atom stereocenters. The topological polar surface area (TPSA) is 76.1 Å². The van der Waals surface area contributed by atoms with Crippen molar-refractivity contribution in [3.63, 3.8) is 0 Å². The van der Waals surface area contributed by atoms with Gasteiger partial charge in [-0.25, -0.2) is 0 Å². The van der Waals surface area contributed by atoms with Gasteiger partial charge in [-0.05, 0) is 49.1 Å². The van der Waals surface area contributed by atoms with Crippen LogP contribution in [0.5, 0.6) is 0 Å². The van der Waals surface area contributed by atoms with Crippen LogP contribution in [-0.2, 0) is 16.0 Å². The Bertz CT molecular complexity index is 452. The molecule has 0 amide bonds. The Morgan fingerprint density at radius 2 is 2.00 bits per heavy atom. The summed E-state index contributed by atoms with van der Waals surface area (Å²) in [6.07, 6.45) is 0.427. The number of esters is 1. The fourth-order valence-corrected chi connectivity index (χ4v) is 1.83. The van der Waals surface area contributed by atoms with Crippen molar-refractivity contribution in [2.45, 2.75) is 26.3 Å². The number of carbonyl (C=O) groups excluding carboxylic acids is 1. The second kappa shape index (κ2) is 5.46. The average Bonchev–Trinajstić information content (AvgIpc) is 2.31. The third-order valence-corrected chi connectivity index (χ3v) is 2.75. The first kappa shape index (κ1) is 13.2. The minimum atomic E-state index is -0.662. The number of carbonyl (C=O) groups is 1. The van der Waals surface area contributed by atoms with Crippen LogP contribution in [0.25, 0.3) is 0 Å². The zero-order valence-corrected chi connectivity index (χ0v) is 10.3.